The van der Waals surface area contributed by atoms with E-state index >= 15 is 0 Å². The van der Waals surface area contributed by atoms with E-state index in [1.54, 1.807) is 10.4 Å². The first-order valence-electron chi connectivity index (χ1n) is 10.8. The number of hydrogen-bond acceptors (Lipinski definition) is 0. The van der Waals surface area contributed by atoms with Gasteiger partial charge in [0, 0.05) is 0 Å². The number of hydrogen-bond donors (Lipinski definition) is 0. The number of allylic oxidation sites excluding steroid dienone is 1. The summed E-state index contributed by atoms with van der Waals surface area (Å²) in [7, 11) is -2.99. The number of rotatable bonds is 7. The first-order valence-corrected chi connectivity index (χ1v) is 16.7. The highest BCUT2D eigenvalue weighted by Crippen LogP contribution is 2.47. The van der Waals surface area contributed by atoms with Gasteiger partial charge in [0.25, 0.3) is 0 Å². The second-order valence-electron chi connectivity index (χ2n) is 9.34. The third-order valence-electron chi connectivity index (χ3n) is 6.14. The van der Waals surface area contributed by atoms with E-state index in [9.17, 15) is 0 Å². The van der Waals surface area contributed by atoms with Crippen LogP contribution in [0.3, 0.4) is 0 Å². The Balaban J connectivity index is 2.13. The van der Waals surface area contributed by atoms with Crippen LogP contribution < -0.4 is 10.4 Å². The lowest BCUT2D eigenvalue weighted by Gasteiger charge is -2.36. The molecule has 1 aliphatic heterocycles. The van der Waals surface area contributed by atoms with Crippen molar-refractivity contribution >= 4 is 26.5 Å². The number of unbranched alkanes of at least 4 members (excludes halogenated alkanes) is 2. The molecule has 2 aromatic rings. The average Bonchev–Trinajstić information content (AvgIpc) is 3.01. The van der Waals surface area contributed by atoms with Crippen LogP contribution in [-0.2, 0) is 0 Å². The van der Waals surface area contributed by atoms with Crippen LogP contribution in [0.25, 0.3) is 0 Å². The fourth-order valence-corrected chi connectivity index (χ4v) is 12.6. The van der Waals surface area contributed by atoms with Crippen molar-refractivity contribution in [1.82, 2.24) is 0 Å². The van der Waals surface area contributed by atoms with E-state index in [1.165, 1.54) is 38.1 Å². The van der Waals surface area contributed by atoms with Gasteiger partial charge in [-0.05, 0) is 24.4 Å². The standard InChI is InChI=1S/C25H36Si2/c1-5-6-9-18-25-22(21-26(2,3)4)19-20-27(25,23-14-10-7-11-15-23)24-16-12-8-13-17-24/h7-8,10-17,21,25H,5-6,9,18-20H2,1-4H3/b22-21-. The van der Waals surface area contributed by atoms with E-state index < -0.39 is 16.1 Å². The van der Waals surface area contributed by atoms with Crippen molar-refractivity contribution in [3.8, 4) is 0 Å². The molecule has 144 valence electrons. The van der Waals surface area contributed by atoms with E-state index in [0.29, 0.717) is 0 Å². The lowest BCUT2D eigenvalue weighted by atomic mass is 10.1. The summed E-state index contributed by atoms with van der Waals surface area (Å²) in [5.41, 5.74) is 5.34. The minimum atomic E-state index is -1.77. The second kappa shape index (κ2) is 8.75. The molecule has 1 heterocycles. The second-order valence-corrected chi connectivity index (χ2v) is 18.7. The molecule has 1 fully saturated rings. The monoisotopic (exact) mass is 392 g/mol. The van der Waals surface area contributed by atoms with Crippen LogP contribution in [0.1, 0.15) is 39.0 Å². The van der Waals surface area contributed by atoms with Crippen LogP contribution in [-0.4, -0.2) is 16.1 Å². The van der Waals surface area contributed by atoms with E-state index in [0.717, 1.165) is 5.54 Å². The molecule has 0 amide bonds. The van der Waals surface area contributed by atoms with Gasteiger partial charge in [-0.2, -0.15) is 0 Å². The Kier molecular flexibility index (Phi) is 6.59. The molecule has 1 unspecified atom stereocenters. The maximum atomic E-state index is 2.75. The highest BCUT2D eigenvalue weighted by atomic mass is 28.3. The van der Waals surface area contributed by atoms with Gasteiger partial charge >= 0.3 is 0 Å². The van der Waals surface area contributed by atoms with Gasteiger partial charge in [-0.15, -0.1) is 0 Å². The fourth-order valence-electron chi connectivity index (χ4n) is 5.09. The van der Waals surface area contributed by atoms with Gasteiger partial charge in [-0.1, -0.05) is 128 Å². The summed E-state index contributed by atoms with van der Waals surface area (Å²) in [4.78, 5) is 0. The van der Waals surface area contributed by atoms with Crippen LogP contribution in [0, 0.1) is 0 Å². The molecular formula is C25H36Si2. The predicted octanol–water partition coefficient (Wildman–Crippen LogP) is 6.41. The van der Waals surface area contributed by atoms with Crippen molar-refractivity contribution in [2.75, 3.05) is 0 Å². The van der Waals surface area contributed by atoms with Crippen molar-refractivity contribution in [1.29, 1.82) is 0 Å². The zero-order valence-corrected chi connectivity index (χ0v) is 19.7. The minimum Gasteiger partial charge on any atom is -0.0958 e. The molecule has 0 spiro atoms. The van der Waals surface area contributed by atoms with E-state index in [2.05, 4.69) is 92.9 Å². The molecule has 1 saturated heterocycles. The first kappa shape index (κ1) is 20.4. The fraction of sp³-hybridized carbons (Fsp3) is 0.440. The molecular weight excluding hydrogens is 356 g/mol. The van der Waals surface area contributed by atoms with Crippen molar-refractivity contribution in [2.45, 2.75) is 70.3 Å². The number of benzene rings is 2. The summed E-state index contributed by atoms with van der Waals surface area (Å²) in [5.74, 6) is 0. The van der Waals surface area contributed by atoms with Crippen LogP contribution in [0.4, 0.5) is 0 Å². The summed E-state index contributed by atoms with van der Waals surface area (Å²) < 4.78 is 0. The van der Waals surface area contributed by atoms with Crippen LogP contribution in [0.15, 0.2) is 71.9 Å². The molecule has 1 atom stereocenters. The molecule has 2 aromatic carbocycles. The predicted molar refractivity (Wildman–Crippen MR) is 127 cm³/mol. The quantitative estimate of drug-likeness (QED) is 0.377. The summed E-state index contributed by atoms with van der Waals surface area (Å²) in [6.45, 7) is 9.81. The van der Waals surface area contributed by atoms with Crippen LogP contribution in [0.2, 0.25) is 31.2 Å². The Morgan fingerprint density at radius 2 is 1.44 bits per heavy atom. The van der Waals surface area contributed by atoms with Gasteiger partial charge in [0.15, 0.2) is 0 Å². The molecule has 0 aliphatic carbocycles. The van der Waals surface area contributed by atoms with Crippen molar-refractivity contribution < 1.29 is 0 Å². The lowest BCUT2D eigenvalue weighted by Crippen LogP contribution is -2.59. The lowest BCUT2D eigenvalue weighted by molar-refractivity contribution is 0.660. The highest BCUT2D eigenvalue weighted by molar-refractivity contribution is 7.04. The van der Waals surface area contributed by atoms with Gasteiger partial charge < -0.3 is 0 Å². The molecule has 0 saturated carbocycles. The normalized spacial score (nSPS) is 20.9. The van der Waals surface area contributed by atoms with Crippen molar-refractivity contribution in [3.05, 3.63) is 71.9 Å². The molecule has 0 bridgehead atoms. The first-order chi connectivity index (χ1) is 13.0. The van der Waals surface area contributed by atoms with Gasteiger partial charge in [-0.25, -0.2) is 0 Å². The molecule has 0 radical (unpaired) electrons. The zero-order chi connectivity index (χ0) is 19.3. The Hall–Kier alpha value is -1.39. The van der Waals surface area contributed by atoms with Crippen LogP contribution >= 0.6 is 0 Å². The van der Waals surface area contributed by atoms with E-state index in [-0.39, 0.29) is 0 Å². The molecule has 1 aliphatic rings. The molecule has 27 heavy (non-hydrogen) atoms. The van der Waals surface area contributed by atoms with E-state index in [4.69, 9.17) is 0 Å². The largest absolute Gasteiger partial charge is 0.125 e. The van der Waals surface area contributed by atoms with Crippen molar-refractivity contribution in [2.24, 2.45) is 0 Å². The summed E-state index contributed by atoms with van der Waals surface area (Å²) in [5, 5.41) is 3.30. The molecule has 0 N–H and O–H groups in total. The van der Waals surface area contributed by atoms with Crippen molar-refractivity contribution in [3.63, 3.8) is 0 Å². The third kappa shape index (κ3) is 4.55. The van der Waals surface area contributed by atoms with Gasteiger partial charge in [0.2, 0.25) is 0 Å². The Morgan fingerprint density at radius 3 is 1.93 bits per heavy atom. The molecule has 0 nitrogen and oxygen atoms in total. The smallest absolute Gasteiger partial charge is 0.0958 e. The third-order valence-corrected chi connectivity index (χ3v) is 13.0. The Morgan fingerprint density at radius 1 is 0.889 bits per heavy atom. The van der Waals surface area contributed by atoms with Crippen LogP contribution in [0.5, 0.6) is 0 Å². The van der Waals surface area contributed by atoms with Gasteiger partial charge in [0.1, 0.15) is 8.07 Å². The summed E-state index contributed by atoms with van der Waals surface area (Å²) >= 11 is 0. The van der Waals surface area contributed by atoms with Gasteiger partial charge in [0.05, 0.1) is 8.07 Å². The highest BCUT2D eigenvalue weighted by Gasteiger charge is 2.49. The topological polar surface area (TPSA) is 0 Å². The SMILES string of the molecule is CCCCCC1/C(=C\[Si](C)(C)C)CC[Si]1(c1ccccc1)c1ccccc1. The summed E-state index contributed by atoms with van der Waals surface area (Å²) in [6, 6.07) is 24.5. The zero-order valence-electron chi connectivity index (χ0n) is 17.7. The average molecular weight is 393 g/mol. The van der Waals surface area contributed by atoms with E-state index in [1.807, 2.05) is 5.57 Å². The Labute approximate surface area is 168 Å². The summed E-state index contributed by atoms with van der Waals surface area (Å²) in [6.07, 6.45) is 6.74. The Bertz CT molecular complexity index is 701. The van der Waals surface area contributed by atoms with Gasteiger partial charge in [-0.3, -0.25) is 0 Å². The maximum absolute atomic E-state index is 2.75. The molecule has 0 aromatic heterocycles. The molecule has 2 heteroatoms. The maximum Gasteiger partial charge on any atom is 0.125 e. The minimum absolute atomic E-state index is 0.778. The molecule has 3 rings (SSSR count).